The number of carbonyl (C=O) groups is 1. The maximum absolute atomic E-state index is 12.7. The molecule has 0 aliphatic heterocycles. The highest BCUT2D eigenvalue weighted by Crippen LogP contribution is 2.26. The third-order valence-electron chi connectivity index (χ3n) is 3.96. The van der Waals surface area contributed by atoms with Crippen molar-refractivity contribution >= 4 is 33.4 Å². The van der Waals surface area contributed by atoms with Crippen LogP contribution in [0.4, 0.5) is 0 Å². The smallest absolute Gasteiger partial charge is 0.251 e. The van der Waals surface area contributed by atoms with Gasteiger partial charge in [0.1, 0.15) is 5.75 Å². The summed E-state index contributed by atoms with van der Waals surface area (Å²) in [6, 6.07) is 12.8. The van der Waals surface area contributed by atoms with Crippen LogP contribution in [0.1, 0.15) is 29.8 Å². The zero-order valence-corrected chi connectivity index (χ0v) is 18.0. The third kappa shape index (κ3) is 6.29. The van der Waals surface area contributed by atoms with Crippen LogP contribution in [0, 0.1) is 0 Å². The topological polar surface area (TPSA) is 50.4 Å². The summed E-state index contributed by atoms with van der Waals surface area (Å²) in [7, 11) is 1.79. The molecule has 6 heteroatoms. The molecule has 1 atom stereocenters. The van der Waals surface area contributed by atoms with Crippen LogP contribution in [0.15, 0.2) is 59.2 Å². The Balaban J connectivity index is 2.14. The predicted molar refractivity (Wildman–Crippen MR) is 115 cm³/mol. The average molecular weight is 452 g/mol. The lowest BCUT2D eigenvalue weighted by Crippen LogP contribution is -2.40. The molecule has 2 N–H and O–H groups in total. The summed E-state index contributed by atoms with van der Waals surface area (Å²) >= 11 is 9.68. The van der Waals surface area contributed by atoms with Crippen molar-refractivity contribution in [1.82, 2.24) is 10.6 Å². The summed E-state index contributed by atoms with van der Waals surface area (Å²) < 4.78 is 6.63. The van der Waals surface area contributed by atoms with Crippen LogP contribution in [0.3, 0.4) is 0 Å². The SMILES string of the molecule is C=C(NC)C(Cc1ccc(Br)cc1)NC(=O)c1ccc(OC(C)C)c(Cl)c1. The molecule has 2 aromatic carbocycles. The number of halogens is 2. The summed E-state index contributed by atoms with van der Waals surface area (Å²) in [6.07, 6.45) is 0.637. The Morgan fingerprint density at radius 1 is 1.22 bits per heavy atom. The third-order valence-corrected chi connectivity index (χ3v) is 4.78. The van der Waals surface area contributed by atoms with E-state index < -0.39 is 0 Å². The van der Waals surface area contributed by atoms with E-state index in [0.717, 1.165) is 15.7 Å². The molecule has 144 valence electrons. The summed E-state index contributed by atoms with van der Waals surface area (Å²) in [6.45, 7) is 7.86. The number of ether oxygens (including phenoxy) is 1. The first-order valence-corrected chi connectivity index (χ1v) is 9.85. The number of nitrogens with one attached hydrogen (secondary N) is 2. The van der Waals surface area contributed by atoms with Crippen molar-refractivity contribution in [3.8, 4) is 5.75 Å². The van der Waals surface area contributed by atoms with E-state index in [0.29, 0.717) is 22.8 Å². The number of hydrogen-bond acceptors (Lipinski definition) is 3. The summed E-state index contributed by atoms with van der Waals surface area (Å²) in [4.78, 5) is 12.7. The first kappa shape index (κ1) is 21.3. The number of amides is 1. The molecular formula is C21H24BrClN2O2. The summed E-state index contributed by atoms with van der Waals surface area (Å²) in [5, 5.41) is 6.46. The van der Waals surface area contributed by atoms with Crippen molar-refractivity contribution < 1.29 is 9.53 Å². The van der Waals surface area contributed by atoms with Gasteiger partial charge in [0.05, 0.1) is 17.2 Å². The van der Waals surface area contributed by atoms with Crippen LogP contribution in [-0.2, 0) is 6.42 Å². The molecule has 2 rings (SSSR count). The molecule has 0 spiro atoms. The van der Waals surface area contributed by atoms with Gasteiger partial charge in [-0.25, -0.2) is 0 Å². The zero-order chi connectivity index (χ0) is 20.0. The van der Waals surface area contributed by atoms with Gasteiger partial charge in [0.25, 0.3) is 5.91 Å². The first-order valence-electron chi connectivity index (χ1n) is 8.68. The van der Waals surface area contributed by atoms with E-state index in [1.165, 1.54) is 0 Å². The Kier molecular flexibility index (Phi) is 7.75. The monoisotopic (exact) mass is 450 g/mol. The fraction of sp³-hybridized carbons (Fsp3) is 0.286. The quantitative estimate of drug-likeness (QED) is 0.596. The van der Waals surface area contributed by atoms with Gasteiger partial charge in [-0.1, -0.05) is 46.2 Å². The van der Waals surface area contributed by atoms with Gasteiger partial charge >= 0.3 is 0 Å². The van der Waals surface area contributed by atoms with Crippen LogP contribution >= 0.6 is 27.5 Å². The fourth-order valence-corrected chi connectivity index (χ4v) is 3.01. The molecular weight excluding hydrogens is 428 g/mol. The number of benzene rings is 2. The molecule has 1 unspecified atom stereocenters. The molecule has 0 bridgehead atoms. The van der Waals surface area contributed by atoms with Crippen LogP contribution in [0.5, 0.6) is 5.75 Å². The van der Waals surface area contributed by atoms with Gasteiger partial charge in [-0.2, -0.15) is 0 Å². The van der Waals surface area contributed by atoms with Crippen LogP contribution in [0.2, 0.25) is 5.02 Å². The highest BCUT2D eigenvalue weighted by molar-refractivity contribution is 9.10. The Morgan fingerprint density at radius 3 is 2.44 bits per heavy atom. The Bertz CT molecular complexity index is 806. The second-order valence-electron chi connectivity index (χ2n) is 6.44. The Hall–Kier alpha value is -1.98. The number of rotatable bonds is 8. The second kappa shape index (κ2) is 9.81. The second-order valence-corrected chi connectivity index (χ2v) is 7.77. The Morgan fingerprint density at radius 2 is 1.89 bits per heavy atom. The van der Waals surface area contributed by atoms with Gasteiger partial charge in [-0.05, 0) is 56.2 Å². The maximum atomic E-state index is 12.7. The molecule has 0 saturated carbocycles. The molecule has 0 aromatic heterocycles. The van der Waals surface area contributed by atoms with Gasteiger partial charge in [0, 0.05) is 22.8 Å². The molecule has 0 saturated heterocycles. The zero-order valence-electron chi connectivity index (χ0n) is 15.7. The van der Waals surface area contributed by atoms with Crippen LogP contribution in [0.25, 0.3) is 0 Å². The highest BCUT2D eigenvalue weighted by Gasteiger charge is 2.18. The van der Waals surface area contributed by atoms with Crippen LogP contribution < -0.4 is 15.4 Å². The predicted octanol–water partition coefficient (Wildman–Crippen LogP) is 4.96. The summed E-state index contributed by atoms with van der Waals surface area (Å²) in [5.74, 6) is 0.348. The van der Waals surface area contributed by atoms with E-state index >= 15 is 0 Å². The molecule has 0 radical (unpaired) electrons. The molecule has 2 aromatic rings. The van der Waals surface area contributed by atoms with Crippen molar-refractivity contribution in [3.05, 3.63) is 75.4 Å². The lowest BCUT2D eigenvalue weighted by atomic mass is 10.0. The van der Waals surface area contributed by atoms with E-state index in [9.17, 15) is 4.79 Å². The molecule has 0 heterocycles. The molecule has 4 nitrogen and oxygen atoms in total. The van der Waals surface area contributed by atoms with E-state index in [1.54, 1.807) is 25.2 Å². The molecule has 0 aliphatic carbocycles. The lowest BCUT2D eigenvalue weighted by molar-refractivity contribution is 0.0941. The van der Waals surface area contributed by atoms with Gasteiger partial charge < -0.3 is 15.4 Å². The molecule has 0 fully saturated rings. The number of hydrogen-bond donors (Lipinski definition) is 2. The van der Waals surface area contributed by atoms with Gasteiger partial charge in [0.15, 0.2) is 0 Å². The van der Waals surface area contributed by atoms with E-state index in [2.05, 4.69) is 33.1 Å². The largest absolute Gasteiger partial charge is 0.489 e. The van der Waals surface area contributed by atoms with Crippen LogP contribution in [-0.4, -0.2) is 25.1 Å². The first-order chi connectivity index (χ1) is 12.8. The minimum atomic E-state index is -0.256. The fourth-order valence-electron chi connectivity index (χ4n) is 2.52. The lowest BCUT2D eigenvalue weighted by Gasteiger charge is -2.21. The average Bonchev–Trinajstić information content (AvgIpc) is 2.63. The van der Waals surface area contributed by atoms with Gasteiger partial charge in [0.2, 0.25) is 0 Å². The Labute approximate surface area is 174 Å². The molecule has 27 heavy (non-hydrogen) atoms. The normalized spacial score (nSPS) is 11.8. The summed E-state index contributed by atoms with van der Waals surface area (Å²) in [5.41, 5.74) is 2.30. The van der Waals surface area contributed by atoms with Crippen molar-refractivity contribution in [2.45, 2.75) is 32.4 Å². The number of likely N-dealkylation sites (N-methyl/N-ethyl adjacent to an activating group) is 1. The van der Waals surface area contributed by atoms with E-state index in [4.69, 9.17) is 16.3 Å². The van der Waals surface area contributed by atoms with Crippen molar-refractivity contribution in [2.24, 2.45) is 0 Å². The maximum Gasteiger partial charge on any atom is 0.251 e. The van der Waals surface area contributed by atoms with E-state index in [-0.39, 0.29) is 18.1 Å². The van der Waals surface area contributed by atoms with E-state index in [1.807, 2.05) is 38.1 Å². The van der Waals surface area contributed by atoms with Crippen molar-refractivity contribution in [2.75, 3.05) is 7.05 Å². The van der Waals surface area contributed by atoms with Crippen molar-refractivity contribution in [3.63, 3.8) is 0 Å². The highest BCUT2D eigenvalue weighted by atomic mass is 79.9. The number of carbonyl (C=O) groups excluding carboxylic acids is 1. The van der Waals surface area contributed by atoms with Crippen molar-refractivity contribution in [1.29, 1.82) is 0 Å². The van der Waals surface area contributed by atoms with Gasteiger partial charge in [-0.15, -0.1) is 0 Å². The minimum absolute atomic E-state index is 0.0106. The van der Waals surface area contributed by atoms with Gasteiger partial charge in [-0.3, -0.25) is 4.79 Å². The minimum Gasteiger partial charge on any atom is -0.489 e. The molecule has 0 aliphatic rings. The standard InChI is InChI=1S/C21H24BrClN2O2/c1-13(2)27-20-10-7-16(12-18(20)23)21(26)25-19(14(3)24-4)11-15-5-8-17(22)9-6-15/h5-10,12-13,19,24H,3,11H2,1-2,4H3,(H,25,26). The molecule has 1 amide bonds.